The van der Waals surface area contributed by atoms with Gasteiger partial charge in [0.25, 0.3) is 11.1 Å². The lowest BCUT2D eigenvalue weighted by atomic mass is 10.2. The Kier molecular flexibility index (Phi) is 20.7. The van der Waals surface area contributed by atoms with Crippen LogP contribution in [0.3, 0.4) is 0 Å². The first-order chi connectivity index (χ1) is 34.1. The number of nitrogens with one attached hydrogen (secondary N) is 2. The summed E-state index contributed by atoms with van der Waals surface area (Å²) in [5, 5.41) is 6.21. The molecule has 4 aromatic rings. The topological polar surface area (TPSA) is 144 Å². The number of ether oxygens (including phenoxy) is 6. The molecule has 26 heteroatoms. The highest BCUT2D eigenvalue weighted by molar-refractivity contribution is 9.48. The van der Waals surface area contributed by atoms with Gasteiger partial charge in [0.15, 0.2) is 6.67 Å². The molecule has 5 saturated heterocycles. The lowest BCUT2D eigenvalue weighted by Gasteiger charge is -2.40. The van der Waals surface area contributed by atoms with Crippen LogP contribution in [-0.4, -0.2) is 135 Å². The molecule has 2 N–H and O–H groups in total. The summed E-state index contributed by atoms with van der Waals surface area (Å²) in [7, 11) is 3.34. The summed E-state index contributed by atoms with van der Waals surface area (Å²) in [6, 6.07) is 25.4. The molecule has 0 unspecified atom stereocenters. The Labute approximate surface area is 438 Å². The van der Waals surface area contributed by atoms with Gasteiger partial charge in [-0.05, 0) is 97.1 Å². The summed E-state index contributed by atoms with van der Waals surface area (Å²) in [5.74, 6) is 0.108. The lowest BCUT2D eigenvalue weighted by Crippen LogP contribution is -2.37. The van der Waals surface area contributed by atoms with Crippen molar-refractivity contribution in [2.75, 3.05) is 119 Å². The van der Waals surface area contributed by atoms with Crippen molar-refractivity contribution in [3.63, 3.8) is 0 Å². The van der Waals surface area contributed by atoms with Crippen molar-refractivity contribution >= 4 is 123 Å². The second kappa shape index (κ2) is 26.2. The van der Waals surface area contributed by atoms with Crippen molar-refractivity contribution in [2.24, 2.45) is 0 Å². The molecule has 5 aliphatic heterocycles. The van der Waals surface area contributed by atoms with Crippen LogP contribution in [0.1, 0.15) is 7.43 Å². The van der Waals surface area contributed by atoms with E-state index < -0.39 is 62.7 Å². The van der Waals surface area contributed by atoms with E-state index in [-0.39, 0.29) is 33.6 Å². The van der Waals surface area contributed by atoms with Gasteiger partial charge in [0.1, 0.15) is 35.3 Å². The number of anilines is 4. The van der Waals surface area contributed by atoms with E-state index in [1.54, 1.807) is 38.5 Å². The van der Waals surface area contributed by atoms with E-state index in [2.05, 4.69) is 47.1 Å². The quantitative estimate of drug-likeness (QED) is 0.0435. The van der Waals surface area contributed by atoms with Gasteiger partial charge in [-0.1, -0.05) is 53.0 Å². The lowest BCUT2D eigenvalue weighted by molar-refractivity contribution is -0.122. The van der Waals surface area contributed by atoms with Gasteiger partial charge in [0, 0.05) is 36.8 Å². The van der Waals surface area contributed by atoms with Crippen molar-refractivity contribution in [3.8, 4) is 11.5 Å². The van der Waals surface area contributed by atoms with Crippen molar-refractivity contribution in [1.29, 1.82) is 0 Å². The van der Waals surface area contributed by atoms with E-state index in [1.807, 2.05) is 56.1 Å². The summed E-state index contributed by atoms with van der Waals surface area (Å²) < 4.78 is 81.4. The third-order valence-corrected chi connectivity index (χ3v) is 42.6. The minimum absolute atomic E-state index is 0. The smallest absolute Gasteiger partial charge is 0.414 e. The molecule has 72 heavy (non-hydrogen) atoms. The normalized spacial score (nSPS) is 22.4. The number of alkyl halides is 1. The number of hydrogen-bond acceptors (Lipinski definition) is 16. The van der Waals surface area contributed by atoms with Gasteiger partial charge in [0.05, 0.1) is 98.5 Å². The van der Waals surface area contributed by atoms with Gasteiger partial charge >= 0.3 is 12.2 Å². The fourth-order valence-corrected chi connectivity index (χ4v) is 50.0. The summed E-state index contributed by atoms with van der Waals surface area (Å²) in [6.07, 6.45) is -2.37. The first-order valence-corrected chi connectivity index (χ1v) is 32.1. The van der Waals surface area contributed by atoms with Crippen LogP contribution < -0.4 is 50.3 Å². The number of nitrogens with zero attached hydrogens (tertiary/aromatic N) is 4. The van der Waals surface area contributed by atoms with Crippen LogP contribution in [0.2, 0.25) is 0 Å². The third kappa shape index (κ3) is 14.5. The van der Waals surface area contributed by atoms with Gasteiger partial charge in [-0.3, -0.25) is 14.6 Å². The van der Waals surface area contributed by atoms with E-state index in [0.717, 1.165) is 11.5 Å². The summed E-state index contributed by atoms with van der Waals surface area (Å²) in [4.78, 5) is 41.2. The minimum Gasteiger partial charge on any atom is -0.497 e. The molecule has 4 aromatic carbocycles. The number of rotatable bonds is 13. The van der Waals surface area contributed by atoms with Gasteiger partial charge in [0.2, 0.25) is 0 Å². The zero-order valence-electron chi connectivity index (χ0n) is 38.3. The molecular formula is C46H54F4N6O9P2S5. The predicted octanol–water partition coefficient (Wildman–Crippen LogP) is 8.29. The maximum absolute atomic E-state index is 14.5. The van der Waals surface area contributed by atoms with Gasteiger partial charge < -0.3 is 48.9 Å². The van der Waals surface area contributed by atoms with Crippen LogP contribution >= 0.6 is 43.1 Å². The highest BCUT2D eigenvalue weighted by Gasteiger charge is 2.46. The number of halogens is 4. The van der Waals surface area contributed by atoms with E-state index in [1.165, 1.54) is 32.5 Å². The second-order valence-corrected chi connectivity index (χ2v) is 37.5. The molecule has 0 aromatic heterocycles. The van der Waals surface area contributed by atoms with Crippen molar-refractivity contribution in [3.05, 3.63) is 96.6 Å². The van der Waals surface area contributed by atoms with Crippen molar-refractivity contribution in [1.82, 2.24) is 10.6 Å². The van der Waals surface area contributed by atoms with Crippen LogP contribution in [0, 0.1) is 11.6 Å². The van der Waals surface area contributed by atoms with E-state index in [4.69, 9.17) is 52.0 Å². The number of morpholine rings is 2. The van der Waals surface area contributed by atoms with Gasteiger partial charge in [-0.2, -0.15) is 4.39 Å². The predicted molar refractivity (Wildman–Crippen MR) is 291 cm³/mol. The molecule has 3 amide bonds. The summed E-state index contributed by atoms with van der Waals surface area (Å²) in [5.41, 5.74) is 1.72. The molecule has 15 nitrogen and oxygen atoms in total. The third-order valence-electron chi connectivity index (χ3n) is 11.3. The number of carbonyl (C=O) groups excluding carboxylic acids is 3. The molecular weight excluding hydrogens is 1080 g/mol. The van der Waals surface area contributed by atoms with E-state index >= 15 is 0 Å². The fourth-order valence-electron chi connectivity index (χ4n) is 7.60. The summed E-state index contributed by atoms with van der Waals surface area (Å²) in [6.45, 7) is 4.00. The Morgan fingerprint density at radius 3 is 1.42 bits per heavy atom. The monoisotopic (exact) mass is 1130 g/mol. The van der Waals surface area contributed by atoms with E-state index in [9.17, 15) is 31.9 Å². The maximum Gasteiger partial charge on any atom is 0.414 e. The van der Waals surface area contributed by atoms with Gasteiger partial charge in [-0.25, -0.2) is 22.8 Å². The number of hydrogen-bond donors (Lipinski definition) is 2. The molecule has 0 saturated carbocycles. The molecule has 5 aliphatic rings. The first-order valence-electron chi connectivity index (χ1n) is 22.0. The molecule has 0 aliphatic carbocycles. The zero-order chi connectivity index (χ0) is 50.7. The molecule has 0 spiro atoms. The number of methoxy groups -OCH3 is 2. The van der Waals surface area contributed by atoms with Crippen molar-refractivity contribution < 1.29 is 60.4 Å². The van der Waals surface area contributed by atoms with Crippen LogP contribution in [0.25, 0.3) is 0 Å². The molecule has 5 heterocycles. The molecule has 9 rings (SSSR count). The highest BCUT2D eigenvalue weighted by atomic mass is 33.7. The largest absolute Gasteiger partial charge is 0.497 e. The van der Waals surface area contributed by atoms with E-state index in [0.29, 0.717) is 75.4 Å². The number of benzene rings is 4. The van der Waals surface area contributed by atoms with Crippen LogP contribution in [-0.2, 0) is 47.4 Å². The van der Waals surface area contributed by atoms with Crippen LogP contribution in [0.5, 0.6) is 11.5 Å². The molecule has 390 valence electrons. The first kappa shape index (κ1) is 56.9. The summed E-state index contributed by atoms with van der Waals surface area (Å²) >= 11 is 19.8. The van der Waals surface area contributed by atoms with Crippen LogP contribution in [0.4, 0.5) is 49.9 Å². The Balaban J connectivity index is 0.000000176. The molecule has 2 atom stereocenters. The Morgan fingerprint density at radius 1 is 0.681 bits per heavy atom. The Bertz CT molecular complexity index is 2560. The zero-order valence-corrected chi connectivity index (χ0v) is 44.2. The SMILES string of the molecule is C.COc1ccc(P2(=S)SP(=S)(c3ccc(OC)cc3)S2)cc1.O=C(CF)NC[C@H]1CN(c2ccc(N3CCOCC3)c(F)c2)C(=O)O1.O=C1O[C@@H](CNC(F)=S)CN1c1ccc(N2CCOCC2)c(F)c1. The Morgan fingerprint density at radius 2 is 1.07 bits per heavy atom. The fraction of sp³-hybridized carbons (Fsp3) is 0.391. The van der Waals surface area contributed by atoms with Crippen molar-refractivity contribution in [2.45, 2.75) is 19.6 Å². The highest BCUT2D eigenvalue weighted by Crippen LogP contribution is 3.04. The maximum atomic E-state index is 14.5. The molecule has 0 bridgehead atoms. The second-order valence-electron chi connectivity index (χ2n) is 15.8. The standard InChI is InChI=1S/C16H19F2N3O4.C15H17F2N3O3S.C14H14O2P2S4.CH4/c17-8-15(22)19-9-12-10-21(16(23)25-12)11-1-2-14(13(18)7-11)20-3-5-24-6-4-20;16-12-7-10(1-2-13(12)19-3-5-22-6-4-19)20-9-11(23-15(20)21)8-18-14(17)24;1-15-11-3-7-13(8-4-11)17(19)21-18(20,22-17)14-9-5-12(16-2)6-10-14;/h1-2,7,12H,3-6,8-10H2,(H,19,22);1-2,7,11H,3-6,8-9H2,(H,18,24);3-10H,1-2H3;1H4/t12-;11-;;/m00../s1. The average Bonchev–Trinajstić information content (AvgIpc) is 3.96. The number of thiocarbonyl (C=S) groups is 1. The minimum atomic E-state index is -1.66. The van der Waals surface area contributed by atoms with Gasteiger partial charge in [-0.15, -0.1) is 0 Å². The number of cyclic esters (lactones) is 2. The number of carbonyl (C=O) groups is 3. The average molecular weight is 1130 g/mol. The Hall–Kier alpha value is -4.38. The van der Waals surface area contributed by atoms with Crippen LogP contribution in [0.15, 0.2) is 84.9 Å². The molecule has 5 fully saturated rings. The number of amides is 3. The molecule has 0 radical (unpaired) electrons.